The lowest BCUT2D eigenvalue weighted by Crippen LogP contribution is -2.44. The number of nitrogens with zero attached hydrogens (tertiary/aromatic N) is 6. The lowest BCUT2D eigenvalue weighted by atomic mass is 10.00. The van der Waals surface area contributed by atoms with Crippen LogP contribution in [0.2, 0.25) is 0 Å². The van der Waals surface area contributed by atoms with E-state index >= 15 is 0 Å². The molecule has 172 valence electrons. The van der Waals surface area contributed by atoms with Crippen molar-refractivity contribution in [3.05, 3.63) is 67.1 Å². The van der Waals surface area contributed by atoms with Gasteiger partial charge in [0.15, 0.2) is 11.5 Å². The second-order valence-corrected chi connectivity index (χ2v) is 9.17. The first-order valence-corrected chi connectivity index (χ1v) is 11.8. The predicted octanol–water partition coefficient (Wildman–Crippen LogP) is 4.47. The SMILES string of the molecule is CN1CCN(c2ccc3nc(-c4[nH]nc5ncc(-c6cccc7cnccc67)cc45)[nH]c3c2)CC1. The third-order valence-electron chi connectivity index (χ3n) is 6.97. The number of imidazole rings is 1. The zero-order valence-corrected chi connectivity index (χ0v) is 19.4. The van der Waals surface area contributed by atoms with Gasteiger partial charge in [-0.3, -0.25) is 10.1 Å². The number of H-pyrrole nitrogens is 2. The predicted molar refractivity (Wildman–Crippen MR) is 139 cm³/mol. The Hall–Kier alpha value is -4.30. The first-order chi connectivity index (χ1) is 17.2. The van der Waals surface area contributed by atoms with Gasteiger partial charge in [-0.2, -0.15) is 5.10 Å². The largest absolute Gasteiger partial charge is 0.369 e. The Kier molecular flexibility index (Phi) is 4.53. The zero-order chi connectivity index (χ0) is 23.4. The number of aromatic amines is 2. The standard InChI is InChI=1S/C27H24N8/c1-34-9-11-35(12-10-34)19-5-6-23-24(14-19)31-27(30-23)25-22-13-18(16-29-26(22)33-32-25)20-4-2-3-17-15-28-8-7-21(17)20/h2-8,13-16H,9-12H2,1H3,(H,30,31)(H,29,32,33). The molecule has 1 saturated heterocycles. The van der Waals surface area contributed by atoms with E-state index in [-0.39, 0.29) is 0 Å². The molecule has 8 nitrogen and oxygen atoms in total. The maximum atomic E-state index is 4.87. The van der Waals surface area contributed by atoms with E-state index in [2.05, 4.69) is 84.5 Å². The highest BCUT2D eigenvalue weighted by atomic mass is 15.2. The van der Waals surface area contributed by atoms with Crippen LogP contribution in [-0.2, 0) is 0 Å². The fraction of sp³-hybridized carbons (Fsp3) is 0.185. The summed E-state index contributed by atoms with van der Waals surface area (Å²) in [5.74, 6) is 0.763. The number of aromatic nitrogens is 6. The quantitative estimate of drug-likeness (QED) is 0.405. The number of anilines is 1. The van der Waals surface area contributed by atoms with Crippen molar-refractivity contribution in [2.75, 3.05) is 38.1 Å². The van der Waals surface area contributed by atoms with Crippen LogP contribution in [-0.4, -0.2) is 68.3 Å². The Labute approximate surface area is 201 Å². The van der Waals surface area contributed by atoms with Gasteiger partial charge in [0.05, 0.1) is 16.4 Å². The second kappa shape index (κ2) is 7.89. The van der Waals surface area contributed by atoms with E-state index in [1.54, 1.807) is 0 Å². The molecular formula is C27H24N8. The first-order valence-electron chi connectivity index (χ1n) is 11.8. The number of hydrogen-bond donors (Lipinski definition) is 2. The van der Waals surface area contributed by atoms with Crippen molar-refractivity contribution in [3.8, 4) is 22.6 Å². The summed E-state index contributed by atoms with van der Waals surface area (Å²) in [5.41, 5.74) is 6.84. The van der Waals surface area contributed by atoms with Crippen LogP contribution in [0.5, 0.6) is 0 Å². The highest BCUT2D eigenvalue weighted by Crippen LogP contribution is 2.33. The van der Waals surface area contributed by atoms with Gasteiger partial charge in [-0.15, -0.1) is 0 Å². The smallest absolute Gasteiger partial charge is 0.181 e. The van der Waals surface area contributed by atoms with Gasteiger partial charge in [0.2, 0.25) is 0 Å². The normalized spacial score (nSPS) is 14.9. The van der Waals surface area contributed by atoms with Gasteiger partial charge >= 0.3 is 0 Å². The fourth-order valence-corrected chi connectivity index (χ4v) is 4.98. The molecule has 0 atom stereocenters. The Morgan fingerprint density at radius 3 is 2.74 bits per heavy atom. The number of likely N-dealkylation sites (N-methyl/N-ethyl adjacent to an activating group) is 1. The van der Waals surface area contributed by atoms with Crippen LogP contribution in [0.1, 0.15) is 0 Å². The van der Waals surface area contributed by atoms with Gasteiger partial charge in [-0.25, -0.2) is 9.97 Å². The molecule has 8 heteroatoms. The van der Waals surface area contributed by atoms with Crippen LogP contribution < -0.4 is 4.90 Å². The lowest BCUT2D eigenvalue weighted by Gasteiger charge is -2.34. The highest BCUT2D eigenvalue weighted by Gasteiger charge is 2.17. The fourth-order valence-electron chi connectivity index (χ4n) is 4.98. The van der Waals surface area contributed by atoms with Crippen LogP contribution in [0.4, 0.5) is 5.69 Å². The van der Waals surface area contributed by atoms with Crippen molar-refractivity contribution in [2.24, 2.45) is 0 Å². The van der Waals surface area contributed by atoms with Crippen LogP contribution in [0, 0.1) is 0 Å². The summed E-state index contributed by atoms with van der Waals surface area (Å²) >= 11 is 0. The van der Waals surface area contributed by atoms with Crippen LogP contribution in [0.3, 0.4) is 0 Å². The minimum absolute atomic E-state index is 0.671. The molecular weight excluding hydrogens is 436 g/mol. The molecule has 0 unspecified atom stereocenters. The molecule has 4 aromatic heterocycles. The van der Waals surface area contributed by atoms with Crippen molar-refractivity contribution in [1.29, 1.82) is 0 Å². The molecule has 1 aliphatic rings. The summed E-state index contributed by atoms with van der Waals surface area (Å²) in [4.78, 5) is 22.1. The molecule has 7 rings (SSSR count). The summed E-state index contributed by atoms with van der Waals surface area (Å²) in [6.07, 6.45) is 5.59. The summed E-state index contributed by atoms with van der Waals surface area (Å²) < 4.78 is 0. The summed E-state index contributed by atoms with van der Waals surface area (Å²) in [6, 6.07) is 16.9. The molecule has 6 aromatic rings. The van der Waals surface area contributed by atoms with E-state index in [0.29, 0.717) is 5.65 Å². The van der Waals surface area contributed by atoms with Crippen molar-refractivity contribution in [1.82, 2.24) is 35.0 Å². The Balaban J connectivity index is 1.30. The minimum Gasteiger partial charge on any atom is -0.369 e. The second-order valence-electron chi connectivity index (χ2n) is 9.17. The van der Waals surface area contributed by atoms with Gasteiger partial charge in [0.25, 0.3) is 0 Å². The van der Waals surface area contributed by atoms with Gasteiger partial charge < -0.3 is 14.8 Å². The van der Waals surface area contributed by atoms with Crippen LogP contribution >= 0.6 is 0 Å². The number of benzene rings is 2. The Morgan fingerprint density at radius 2 is 1.83 bits per heavy atom. The van der Waals surface area contributed by atoms with Crippen molar-refractivity contribution in [3.63, 3.8) is 0 Å². The molecule has 35 heavy (non-hydrogen) atoms. The molecule has 0 saturated carbocycles. The number of nitrogens with one attached hydrogen (secondary N) is 2. The van der Waals surface area contributed by atoms with Crippen molar-refractivity contribution in [2.45, 2.75) is 0 Å². The molecule has 1 aliphatic heterocycles. The van der Waals surface area contributed by atoms with Crippen molar-refractivity contribution < 1.29 is 0 Å². The Morgan fingerprint density at radius 1 is 0.914 bits per heavy atom. The molecule has 0 bridgehead atoms. The molecule has 0 radical (unpaired) electrons. The molecule has 2 aromatic carbocycles. The monoisotopic (exact) mass is 460 g/mol. The molecule has 0 amide bonds. The average Bonchev–Trinajstić information content (AvgIpc) is 3.52. The topological polar surface area (TPSA) is 89.6 Å². The maximum Gasteiger partial charge on any atom is 0.181 e. The summed E-state index contributed by atoms with van der Waals surface area (Å²) in [7, 11) is 2.17. The number of rotatable bonds is 3. The third kappa shape index (κ3) is 3.41. The number of fused-ring (bicyclic) bond motifs is 3. The van der Waals surface area contributed by atoms with Gasteiger partial charge in [-0.05, 0) is 48.3 Å². The summed E-state index contributed by atoms with van der Waals surface area (Å²) in [5, 5.41) is 10.8. The zero-order valence-electron chi connectivity index (χ0n) is 19.4. The number of pyridine rings is 2. The number of piperazine rings is 1. The van der Waals surface area contributed by atoms with Crippen LogP contribution in [0.25, 0.3) is 55.5 Å². The van der Waals surface area contributed by atoms with E-state index in [0.717, 1.165) is 76.0 Å². The molecule has 5 heterocycles. The summed E-state index contributed by atoms with van der Waals surface area (Å²) in [6.45, 7) is 4.23. The molecule has 0 aliphatic carbocycles. The lowest BCUT2D eigenvalue weighted by molar-refractivity contribution is 0.313. The molecule has 2 N–H and O–H groups in total. The minimum atomic E-state index is 0.671. The van der Waals surface area contributed by atoms with E-state index in [4.69, 9.17) is 4.98 Å². The average molecular weight is 461 g/mol. The first kappa shape index (κ1) is 20.1. The highest BCUT2D eigenvalue weighted by molar-refractivity contribution is 5.99. The van der Waals surface area contributed by atoms with E-state index in [1.807, 2.05) is 24.7 Å². The van der Waals surface area contributed by atoms with Gasteiger partial charge in [0.1, 0.15) is 5.69 Å². The maximum absolute atomic E-state index is 4.87. The van der Waals surface area contributed by atoms with E-state index in [9.17, 15) is 0 Å². The van der Waals surface area contributed by atoms with E-state index < -0.39 is 0 Å². The molecule has 0 spiro atoms. The molecule has 1 fully saturated rings. The number of hydrogen-bond acceptors (Lipinski definition) is 6. The van der Waals surface area contributed by atoms with Gasteiger partial charge in [0, 0.05) is 61.4 Å². The third-order valence-corrected chi connectivity index (χ3v) is 6.97. The Bertz CT molecular complexity index is 1690. The van der Waals surface area contributed by atoms with Gasteiger partial charge in [-0.1, -0.05) is 18.2 Å². The van der Waals surface area contributed by atoms with Crippen molar-refractivity contribution >= 4 is 38.5 Å². The van der Waals surface area contributed by atoms with Crippen LogP contribution in [0.15, 0.2) is 67.1 Å². The van der Waals surface area contributed by atoms with E-state index in [1.165, 1.54) is 5.69 Å².